The minimum atomic E-state index is -0.258. The lowest BCUT2D eigenvalue weighted by Crippen LogP contribution is -2.37. The summed E-state index contributed by atoms with van der Waals surface area (Å²) < 4.78 is 0. The maximum Gasteiger partial charge on any atom is 0.288 e. The highest BCUT2D eigenvalue weighted by molar-refractivity contribution is 8.14. The van der Waals surface area contributed by atoms with Gasteiger partial charge in [0, 0.05) is 32.4 Å². The summed E-state index contributed by atoms with van der Waals surface area (Å²) in [6, 6.07) is 0. The van der Waals surface area contributed by atoms with Crippen molar-refractivity contribution >= 4 is 34.6 Å². The molecule has 1 aliphatic heterocycles. The third-order valence-corrected chi connectivity index (χ3v) is 3.86. The quantitative estimate of drug-likeness (QED) is 0.728. The van der Waals surface area contributed by atoms with Crippen molar-refractivity contribution < 1.29 is 19.2 Å². The number of rotatable bonds is 8. The van der Waals surface area contributed by atoms with Crippen molar-refractivity contribution in [2.24, 2.45) is 5.92 Å². The average molecular weight is 300 g/mol. The van der Waals surface area contributed by atoms with Crippen LogP contribution in [0.3, 0.4) is 0 Å². The fourth-order valence-corrected chi connectivity index (χ4v) is 2.65. The molecule has 0 aromatic rings. The van der Waals surface area contributed by atoms with Gasteiger partial charge in [-0.1, -0.05) is 25.6 Å². The van der Waals surface area contributed by atoms with E-state index < -0.39 is 0 Å². The Morgan fingerprint density at radius 2 is 2.05 bits per heavy atom. The Hall–Kier alpha value is -1.37. The normalized spacial score (nSPS) is 16.4. The Kier molecular flexibility index (Phi) is 6.70. The number of nitrogens with one attached hydrogen (secondary N) is 1. The van der Waals surface area contributed by atoms with E-state index in [2.05, 4.69) is 5.32 Å². The maximum absolute atomic E-state index is 11.6. The standard InChI is InChI=1S/C13H20N2O4S/c1-3-10(16)6-9(2)7-11(17)14-4-5-15-12(18)8-20-13(15)19/h9H,3-8H2,1-2H3,(H,14,17). The number of nitrogens with zero attached hydrogens (tertiary/aromatic N) is 1. The second kappa shape index (κ2) is 8.04. The lowest BCUT2D eigenvalue weighted by atomic mass is 9.99. The molecule has 0 aliphatic carbocycles. The number of Topliss-reactive ketones (excluding diaryl/α,β-unsaturated/α-hetero) is 1. The van der Waals surface area contributed by atoms with E-state index in [4.69, 9.17) is 0 Å². The minimum Gasteiger partial charge on any atom is -0.354 e. The predicted molar refractivity (Wildman–Crippen MR) is 76.3 cm³/mol. The molecule has 6 nitrogen and oxygen atoms in total. The number of carbonyl (C=O) groups excluding carboxylic acids is 4. The molecule has 1 aliphatic rings. The highest BCUT2D eigenvalue weighted by Crippen LogP contribution is 2.17. The van der Waals surface area contributed by atoms with Crippen LogP contribution in [0, 0.1) is 5.92 Å². The number of thioether (sulfide) groups is 1. The van der Waals surface area contributed by atoms with Gasteiger partial charge in [-0.3, -0.25) is 24.1 Å². The molecule has 0 bridgehead atoms. The number of hydrogen-bond acceptors (Lipinski definition) is 5. The van der Waals surface area contributed by atoms with Crippen molar-refractivity contribution in [3.05, 3.63) is 0 Å². The van der Waals surface area contributed by atoms with Crippen LogP contribution in [0.2, 0.25) is 0 Å². The fourth-order valence-electron chi connectivity index (χ4n) is 1.90. The van der Waals surface area contributed by atoms with Gasteiger partial charge < -0.3 is 5.32 Å². The lowest BCUT2D eigenvalue weighted by Gasteiger charge is -2.14. The number of hydrogen-bond donors (Lipinski definition) is 1. The summed E-state index contributed by atoms with van der Waals surface area (Å²) in [7, 11) is 0. The zero-order chi connectivity index (χ0) is 15.1. The van der Waals surface area contributed by atoms with Crippen LogP contribution < -0.4 is 5.32 Å². The minimum absolute atomic E-state index is 0.00746. The Balaban J connectivity index is 2.21. The van der Waals surface area contributed by atoms with Crippen LogP contribution in [-0.2, 0) is 14.4 Å². The Labute approximate surface area is 122 Å². The van der Waals surface area contributed by atoms with E-state index in [-0.39, 0.29) is 54.0 Å². The van der Waals surface area contributed by atoms with Crippen LogP contribution in [-0.4, -0.2) is 46.6 Å². The van der Waals surface area contributed by atoms with Crippen molar-refractivity contribution in [2.75, 3.05) is 18.8 Å². The summed E-state index contributed by atoms with van der Waals surface area (Å²) >= 11 is 0.980. The van der Waals surface area contributed by atoms with Crippen LogP contribution in [0.5, 0.6) is 0 Å². The third-order valence-electron chi connectivity index (χ3n) is 3.00. The molecule has 0 aromatic carbocycles. The van der Waals surface area contributed by atoms with E-state index in [1.807, 2.05) is 6.92 Å². The van der Waals surface area contributed by atoms with Gasteiger partial charge in [0.05, 0.1) is 5.75 Å². The van der Waals surface area contributed by atoms with Crippen LogP contribution in [0.1, 0.15) is 33.1 Å². The Bertz CT molecular complexity index is 395. The maximum atomic E-state index is 11.6. The van der Waals surface area contributed by atoms with E-state index in [9.17, 15) is 19.2 Å². The van der Waals surface area contributed by atoms with Crippen molar-refractivity contribution in [3.63, 3.8) is 0 Å². The molecule has 3 amide bonds. The first-order valence-corrected chi connectivity index (χ1v) is 7.68. The topological polar surface area (TPSA) is 83.6 Å². The number of imide groups is 1. The molecule has 1 saturated heterocycles. The highest BCUT2D eigenvalue weighted by Gasteiger charge is 2.29. The van der Waals surface area contributed by atoms with E-state index in [1.165, 1.54) is 0 Å². The largest absolute Gasteiger partial charge is 0.354 e. The molecule has 1 fully saturated rings. The summed E-state index contributed by atoms with van der Waals surface area (Å²) in [4.78, 5) is 46.7. The molecular formula is C13H20N2O4S. The van der Waals surface area contributed by atoms with Gasteiger partial charge in [-0.2, -0.15) is 0 Å². The van der Waals surface area contributed by atoms with Crippen molar-refractivity contribution in [1.82, 2.24) is 10.2 Å². The van der Waals surface area contributed by atoms with E-state index in [0.717, 1.165) is 16.7 Å². The molecule has 0 spiro atoms. The molecule has 112 valence electrons. The highest BCUT2D eigenvalue weighted by atomic mass is 32.2. The van der Waals surface area contributed by atoms with Gasteiger partial charge in [-0.25, -0.2) is 0 Å². The van der Waals surface area contributed by atoms with Crippen molar-refractivity contribution in [3.8, 4) is 0 Å². The van der Waals surface area contributed by atoms with Gasteiger partial charge in [0.1, 0.15) is 5.78 Å². The number of carbonyl (C=O) groups is 4. The molecule has 1 heterocycles. The predicted octanol–water partition coefficient (Wildman–Crippen LogP) is 1.19. The van der Waals surface area contributed by atoms with Crippen LogP contribution >= 0.6 is 11.8 Å². The van der Waals surface area contributed by atoms with Gasteiger partial charge >= 0.3 is 0 Å². The first-order chi connectivity index (χ1) is 9.43. The third kappa shape index (κ3) is 5.32. The van der Waals surface area contributed by atoms with Gasteiger partial charge in [0.15, 0.2) is 0 Å². The average Bonchev–Trinajstić information content (AvgIpc) is 2.69. The van der Waals surface area contributed by atoms with Crippen LogP contribution in [0.25, 0.3) is 0 Å². The summed E-state index contributed by atoms with van der Waals surface area (Å²) in [5.74, 6) is -0.0314. The first-order valence-electron chi connectivity index (χ1n) is 6.69. The molecule has 0 saturated carbocycles. The summed E-state index contributed by atoms with van der Waals surface area (Å²) in [5.41, 5.74) is 0. The van der Waals surface area contributed by atoms with Crippen LogP contribution in [0.4, 0.5) is 4.79 Å². The van der Waals surface area contributed by atoms with Crippen molar-refractivity contribution in [1.29, 1.82) is 0 Å². The SMILES string of the molecule is CCC(=O)CC(C)CC(=O)NCCN1C(=O)CSC1=O. The molecular weight excluding hydrogens is 280 g/mol. The Morgan fingerprint density at radius 1 is 1.35 bits per heavy atom. The fraction of sp³-hybridized carbons (Fsp3) is 0.692. The summed E-state index contributed by atoms with van der Waals surface area (Å²) in [6.07, 6.45) is 1.18. The van der Waals surface area contributed by atoms with Crippen molar-refractivity contribution in [2.45, 2.75) is 33.1 Å². The van der Waals surface area contributed by atoms with E-state index >= 15 is 0 Å². The number of ketones is 1. The molecule has 20 heavy (non-hydrogen) atoms. The van der Waals surface area contributed by atoms with Gasteiger partial charge in [0.2, 0.25) is 11.8 Å². The smallest absolute Gasteiger partial charge is 0.288 e. The summed E-state index contributed by atoms with van der Waals surface area (Å²) in [5, 5.41) is 2.41. The molecule has 0 radical (unpaired) electrons. The van der Waals surface area contributed by atoms with E-state index in [0.29, 0.717) is 12.8 Å². The second-order valence-electron chi connectivity index (χ2n) is 4.86. The number of amides is 3. The molecule has 1 rings (SSSR count). The molecule has 1 N–H and O–H groups in total. The molecule has 1 unspecified atom stereocenters. The van der Waals surface area contributed by atoms with Gasteiger partial charge in [0.25, 0.3) is 5.24 Å². The zero-order valence-electron chi connectivity index (χ0n) is 11.8. The van der Waals surface area contributed by atoms with E-state index in [1.54, 1.807) is 6.92 Å². The molecule has 0 aromatic heterocycles. The molecule has 1 atom stereocenters. The van der Waals surface area contributed by atoms with Gasteiger partial charge in [-0.05, 0) is 5.92 Å². The lowest BCUT2D eigenvalue weighted by molar-refractivity contribution is -0.126. The first kappa shape index (κ1) is 16.7. The van der Waals surface area contributed by atoms with Crippen LogP contribution in [0.15, 0.2) is 0 Å². The van der Waals surface area contributed by atoms with Gasteiger partial charge in [-0.15, -0.1) is 0 Å². The zero-order valence-corrected chi connectivity index (χ0v) is 12.6. The summed E-state index contributed by atoms with van der Waals surface area (Å²) in [6.45, 7) is 4.12. The second-order valence-corrected chi connectivity index (χ2v) is 5.78. The Morgan fingerprint density at radius 3 is 2.60 bits per heavy atom. The molecule has 7 heteroatoms. The monoisotopic (exact) mass is 300 g/mol.